The van der Waals surface area contributed by atoms with Crippen molar-refractivity contribution in [3.05, 3.63) is 24.3 Å². The summed E-state index contributed by atoms with van der Waals surface area (Å²) in [6, 6.07) is 8.09. The van der Waals surface area contributed by atoms with Gasteiger partial charge in [-0.3, -0.25) is 20.9 Å². The van der Waals surface area contributed by atoms with Crippen LogP contribution in [-0.4, -0.2) is 29.7 Å². The molecule has 1 aromatic carbocycles. The third-order valence-electron chi connectivity index (χ3n) is 2.31. The quantitative estimate of drug-likeness (QED) is 0.689. The summed E-state index contributed by atoms with van der Waals surface area (Å²) in [5.41, 5.74) is 8.65. The zero-order valence-electron chi connectivity index (χ0n) is 7.64. The highest BCUT2D eigenvalue weighted by molar-refractivity contribution is 5.72. The SMILES string of the molecule is C1=NCCN1N1Nc2ccccc2N1. The second-order valence-electron chi connectivity index (χ2n) is 3.27. The fourth-order valence-electron chi connectivity index (χ4n) is 1.58. The van der Waals surface area contributed by atoms with E-state index in [1.54, 1.807) is 0 Å². The van der Waals surface area contributed by atoms with Gasteiger partial charge in [0.2, 0.25) is 0 Å². The second-order valence-corrected chi connectivity index (χ2v) is 3.27. The Kier molecular flexibility index (Phi) is 1.57. The molecule has 0 fully saturated rings. The first-order valence-electron chi connectivity index (χ1n) is 4.62. The molecule has 0 amide bonds. The van der Waals surface area contributed by atoms with E-state index < -0.39 is 0 Å². The summed E-state index contributed by atoms with van der Waals surface area (Å²) in [6.07, 6.45) is 1.83. The van der Waals surface area contributed by atoms with Gasteiger partial charge >= 0.3 is 0 Å². The van der Waals surface area contributed by atoms with E-state index in [9.17, 15) is 0 Å². The first kappa shape index (κ1) is 7.64. The van der Waals surface area contributed by atoms with Gasteiger partial charge in [-0.2, -0.15) is 0 Å². The molecule has 5 nitrogen and oxygen atoms in total. The highest BCUT2D eigenvalue weighted by Gasteiger charge is 2.22. The Hall–Kier alpha value is -1.75. The lowest BCUT2D eigenvalue weighted by Gasteiger charge is -2.25. The minimum absolute atomic E-state index is 0.857. The summed E-state index contributed by atoms with van der Waals surface area (Å²) < 4.78 is 0. The molecule has 2 aliphatic rings. The molecule has 0 atom stereocenters. The van der Waals surface area contributed by atoms with Crippen molar-refractivity contribution in [3.63, 3.8) is 0 Å². The Morgan fingerprint density at radius 2 is 1.86 bits per heavy atom. The monoisotopic (exact) mass is 189 g/mol. The number of hydrogen-bond donors (Lipinski definition) is 2. The Bertz CT molecular complexity index is 350. The molecule has 0 saturated heterocycles. The van der Waals surface area contributed by atoms with Gasteiger partial charge in [0.05, 0.1) is 24.5 Å². The molecule has 2 heterocycles. The summed E-state index contributed by atoms with van der Waals surface area (Å²) in [5.74, 6) is 0. The Morgan fingerprint density at radius 1 is 1.14 bits per heavy atom. The summed E-state index contributed by atoms with van der Waals surface area (Å²) in [4.78, 5) is 4.15. The van der Waals surface area contributed by atoms with E-state index in [1.165, 1.54) is 0 Å². The molecule has 0 unspecified atom stereocenters. The number of hydrazine groups is 3. The van der Waals surface area contributed by atoms with Crippen molar-refractivity contribution in [2.75, 3.05) is 23.9 Å². The predicted molar refractivity (Wildman–Crippen MR) is 55.6 cm³/mol. The van der Waals surface area contributed by atoms with Gasteiger partial charge in [-0.15, -0.1) is 0 Å². The zero-order valence-corrected chi connectivity index (χ0v) is 7.64. The van der Waals surface area contributed by atoms with Crippen LogP contribution in [0, 0.1) is 0 Å². The fraction of sp³-hybridized carbons (Fsp3) is 0.222. The topological polar surface area (TPSA) is 42.9 Å². The van der Waals surface area contributed by atoms with Crippen molar-refractivity contribution in [2.24, 2.45) is 4.99 Å². The van der Waals surface area contributed by atoms with E-state index in [0.29, 0.717) is 0 Å². The average molecular weight is 189 g/mol. The van der Waals surface area contributed by atoms with E-state index >= 15 is 0 Å². The molecular weight excluding hydrogens is 178 g/mol. The highest BCUT2D eigenvalue weighted by Crippen LogP contribution is 2.27. The van der Waals surface area contributed by atoms with Crippen LogP contribution in [0.5, 0.6) is 0 Å². The van der Waals surface area contributed by atoms with Crippen molar-refractivity contribution < 1.29 is 0 Å². The third kappa shape index (κ3) is 1.10. The van der Waals surface area contributed by atoms with E-state index in [1.807, 2.05) is 40.8 Å². The molecule has 0 spiro atoms. The molecule has 14 heavy (non-hydrogen) atoms. The second kappa shape index (κ2) is 2.88. The number of benzene rings is 1. The maximum atomic E-state index is 4.15. The van der Waals surface area contributed by atoms with Gasteiger partial charge in [0.25, 0.3) is 0 Å². The van der Waals surface area contributed by atoms with Gasteiger partial charge in [-0.1, -0.05) is 12.1 Å². The Balaban J connectivity index is 1.81. The maximum absolute atomic E-state index is 4.15. The van der Waals surface area contributed by atoms with Crippen LogP contribution in [0.1, 0.15) is 0 Å². The standard InChI is InChI=1S/C9H11N5/c1-2-4-9-8(3-1)11-14(12-9)13-6-5-10-7-13/h1-4,7,11-12H,5-6H2. The molecule has 0 aromatic heterocycles. The highest BCUT2D eigenvalue weighted by atomic mass is 16.0. The normalized spacial score (nSPS) is 19.3. The van der Waals surface area contributed by atoms with Crippen LogP contribution in [0.3, 0.4) is 0 Å². The summed E-state index contributed by atoms with van der Waals surface area (Å²) in [6.45, 7) is 1.77. The van der Waals surface area contributed by atoms with E-state index in [4.69, 9.17) is 0 Å². The molecule has 72 valence electrons. The average Bonchev–Trinajstić information content (AvgIpc) is 2.86. The van der Waals surface area contributed by atoms with Crippen molar-refractivity contribution in [2.45, 2.75) is 0 Å². The summed E-state index contributed by atoms with van der Waals surface area (Å²) in [7, 11) is 0. The van der Waals surface area contributed by atoms with Crippen molar-refractivity contribution in [1.82, 2.24) is 10.2 Å². The number of anilines is 2. The fourth-order valence-corrected chi connectivity index (χ4v) is 1.58. The lowest BCUT2D eigenvalue weighted by atomic mass is 10.3. The van der Waals surface area contributed by atoms with Crippen molar-refractivity contribution in [3.8, 4) is 0 Å². The predicted octanol–water partition coefficient (Wildman–Crippen LogP) is 0.915. The van der Waals surface area contributed by atoms with Crippen LogP contribution < -0.4 is 10.9 Å². The van der Waals surface area contributed by atoms with Crippen LogP contribution >= 0.6 is 0 Å². The lowest BCUT2D eigenvalue weighted by molar-refractivity contribution is 0.134. The van der Waals surface area contributed by atoms with Gasteiger partial charge in [0.15, 0.2) is 0 Å². The van der Waals surface area contributed by atoms with Crippen LogP contribution in [0.25, 0.3) is 0 Å². The first-order valence-corrected chi connectivity index (χ1v) is 4.62. The molecule has 0 saturated carbocycles. The van der Waals surface area contributed by atoms with Gasteiger partial charge in [0.1, 0.15) is 6.34 Å². The molecule has 2 aliphatic heterocycles. The van der Waals surface area contributed by atoms with Crippen LogP contribution in [-0.2, 0) is 0 Å². The largest absolute Gasteiger partial charge is 0.281 e. The van der Waals surface area contributed by atoms with Crippen LogP contribution in [0.15, 0.2) is 29.3 Å². The lowest BCUT2D eigenvalue weighted by Crippen LogP contribution is -2.44. The number of fused-ring (bicyclic) bond motifs is 1. The number of nitrogens with one attached hydrogen (secondary N) is 2. The molecule has 3 rings (SSSR count). The van der Waals surface area contributed by atoms with E-state index in [-0.39, 0.29) is 0 Å². The van der Waals surface area contributed by atoms with Crippen molar-refractivity contribution >= 4 is 17.7 Å². The zero-order chi connectivity index (χ0) is 9.38. The van der Waals surface area contributed by atoms with Gasteiger partial charge in [0, 0.05) is 0 Å². The van der Waals surface area contributed by atoms with Crippen LogP contribution in [0.2, 0.25) is 0 Å². The molecule has 0 radical (unpaired) electrons. The molecule has 0 aliphatic carbocycles. The number of para-hydroxylation sites is 2. The number of rotatable bonds is 1. The minimum Gasteiger partial charge on any atom is -0.281 e. The summed E-state index contributed by atoms with van der Waals surface area (Å²) >= 11 is 0. The number of aliphatic imine (C=N–C) groups is 1. The van der Waals surface area contributed by atoms with E-state index in [0.717, 1.165) is 24.5 Å². The smallest absolute Gasteiger partial charge is 0.103 e. The van der Waals surface area contributed by atoms with E-state index in [2.05, 4.69) is 15.8 Å². The third-order valence-corrected chi connectivity index (χ3v) is 2.31. The number of hydrogen-bond acceptors (Lipinski definition) is 5. The van der Waals surface area contributed by atoms with Crippen LogP contribution in [0.4, 0.5) is 11.4 Å². The molecule has 2 N–H and O–H groups in total. The molecule has 1 aromatic rings. The Labute approximate surface area is 81.9 Å². The molecule has 5 heteroatoms. The Morgan fingerprint density at radius 3 is 2.43 bits per heavy atom. The van der Waals surface area contributed by atoms with Gasteiger partial charge in [-0.05, 0) is 17.4 Å². The summed E-state index contributed by atoms with van der Waals surface area (Å²) in [5, 5.41) is 3.85. The number of nitrogens with zero attached hydrogens (tertiary/aromatic N) is 3. The first-order chi connectivity index (χ1) is 6.93. The van der Waals surface area contributed by atoms with Gasteiger partial charge < -0.3 is 0 Å². The van der Waals surface area contributed by atoms with Crippen molar-refractivity contribution in [1.29, 1.82) is 0 Å². The minimum atomic E-state index is 0.857. The van der Waals surface area contributed by atoms with Gasteiger partial charge in [-0.25, -0.2) is 0 Å². The maximum Gasteiger partial charge on any atom is 0.103 e. The molecular formula is C9H11N5. The molecule has 0 bridgehead atoms.